The average Bonchev–Trinajstić information content (AvgIpc) is 3.65. The molecule has 0 amide bonds. The van der Waals surface area contributed by atoms with Crippen molar-refractivity contribution >= 4 is 15.7 Å². The van der Waals surface area contributed by atoms with Gasteiger partial charge in [0, 0.05) is 36.4 Å². The number of rotatable bonds is 9. The smallest absolute Gasteiger partial charge is 0.189 e. The van der Waals surface area contributed by atoms with Crippen molar-refractivity contribution in [2.45, 2.75) is 49.4 Å². The summed E-state index contributed by atoms with van der Waals surface area (Å²) in [6.45, 7) is 5.48. The van der Waals surface area contributed by atoms with Gasteiger partial charge in [0.25, 0.3) is 0 Å². The van der Waals surface area contributed by atoms with Gasteiger partial charge in [0.2, 0.25) is 0 Å². The monoisotopic (exact) mass is 551 g/mol. The molecule has 0 saturated carbocycles. The van der Waals surface area contributed by atoms with Gasteiger partial charge in [0.15, 0.2) is 27.1 Å². The summed E-state index contributed by atoms with van der Waals surface area (Å²) in [6.07, 6.45) is 2.97. The molecular formula is C28H30FN5O4S. The lowest BCUT2D eigenvalue weighted by Gasteiger charge is -2.11. The van der Waals surface area contributed by atoms with Crippen LogP contribution in [0.25, 0.3) is 34.0 Å². The molecule has 2 aromatic carbocycles. The van der Waals surface area contributed by atoms with Gasteiger partial charge in [-0.3, -0.25) is 0 Å². The van der Waals surface area contributed by atoms with E-state index in [0.717, 1.165) is 18.6 Å². The number of hydrogen-bond acceptors (Lipinski definition) is 9. The summed E-state index contributed by atoms with van der Waals surface area (Å²) in [7, 11) is -3.40. The third-order valence-corrected chi connectivity index (χ3v) is 9.28. The average molecular weight is 552 g/mol. The van der Waals surface area contributed by atoms with Gasteiger partial charge in [-0.15, -0.1) is 0 Å². The first kappa shape index (κ1) is 26.9. The quantitative estimate of drug-likeness (QED) is 0.305. The Hall–Kier alpha value is -3.67. The molecule has 2 aromatic heterocycles. The van der Waals surface area contributed by atoms with Crippen molar-refractivity contribution in [3.8, 4) is 34.0 Å². The number of nitrogens with two attached hydrogens (primary N) is 1. The molecule has 3 N–H and O–H groups in total. The molecule has 204 valence electrons. The number of halogens is 1. The maximum absolute atomic E-state index is 15.0. The first-order chi connectivity index (χ1) is 18.8. The van der Waals surface area contributed by atoms with Gasteiger partial charge < -0.3 is 20.3 Å². The third-order valence-electron chi connectivity index (χ3n) is 6.96. The molecular weight excluding hydrogens is 521 g/mol. The molecule has 1 aliphatic heterocycles. The molecule has 1 saturated heterocycles. The predicted octanol–water partition coefficient (Wildman–Crippen LogP) is 4.64. The van der Waals surface area contributed by atoms with E-state index in [9.17, 15) is 12.8 Å². The number of nitrogen functional groups attached to an aromatic ring is 1. The van der Waals surface area contributed by atoms with Crippen LogP contribution >= 0.6 is 0 Å². The number of benzene rings is 2. The standard InChI is InChI=1S/C28H30FN5O4S/c1-3-17(2)39(35,36)21-7-5-19(6-8-21)25-15-32-28(30)27(33-25)26-13-24(34-38-26)22-9-4-18(12-23(22)29)14-31-20-10-11-37-16-20/h4-9,12-13,15,17,20,31H,3,10-11,14,16H2,1-2H3,(H2,30,32)/t17?,20-/m0/s1. The van der Waals surface area contributed by atoms with E-state index in [0.29, 0.717) is 42.1 Å². The summed E-state index contributed by atoms with van der Waals surface area (Å²) in [5, 5.41) is 6.92. The second kappa shape index (κ2) is 11.2. The Bertz CT molecular complexity index is 1570. The Balaban J connectivity index is 1.36. The van der Waals surface area contributed by atoms with Crippen molar-refractivity contribution in [2.75, 3.05) is 18.9 Å². The van der Waals surface area contributed by atoms with Crippen LogP contribution in [0.5, 0.6) is 0 Å². The van der Waals surface area contributed by atoms with Crippen molar-refractivity contribution in [1.82, 2.24) is 20.4 Å². The van der Waals surface area contributed by atoms with Crippen LogP contribution in [0.1, 0.15) is 32.3 Å². The van der Waals surface area contributed by atoms with E-state index < -0.39 is 20.9 Å². The Kier molecular flexibility index (Phi) is 7.74. The highest BCUT2D eigenvalue weighted by molar-refractivity contribution is 7.92. The van der Waals surface area contributed by atoms with Gasteiger partial charge >= 0.3 is 0 Å². The second-order valence-electron chi connectivity index (χ2n) is 9.61. The molecule has 3 heterocycles. The molecule has 1 aliphatic rings. The van der Waals surface area contributed by atoms with Gasteiger partial charge in [-0.05, 0) is 49.6 Å². The number of nitrogens with zero attached hydrogens (tertiary/aromatic N) is 3. The van der Waals surface area contributed by atoms with Crippen LogP contribution in [-0.4, -0.2) is 48.0 Å². The minimum atomic E-state index is -3.40. The highest BCUT2D eigenvalue weighted by Gasteiger charge is 2.22. The van der Waals surface area contributed by atoms with Crippen LogP contribution < -0.4 is 11.1 Å². The molecule has 4 aromatic rings. The van der Waals surface area contributed by atoms with Crippen molar-refractivity contribution in [1.29, 1.82) is 0 Å². The van der Waals surface area contributed by atoms with E-state index in [4.69, 9.17) is 15.0 Å². The molecule has 0 spiro atoms. The maximum Gasteiger partial charge on any atom is 0.189 e. The highest BCUT2D eigenvalue weighted by Crippen LogP contribution is 2.31. The van der Waals surface area contributed by atoms with E-state index in [2.05, 4.69) is 20.4 Å². The van der Waals surface area contributed by atoms with Gasteiger partial charge in [0.05, 0.1) is 28.6 Å². The molecule has 0 bridgehead atoms. The summed E-state index contributed by atoms with van der Waals surface area (Å²) in [4.78, 5) is 9.06. The molecule has 2 atom stereocenters. The van der Waals surface area contributed by atoms with Crippen LogP contribution in [-0.2, 0) is 21.1 Å². The van der Waals surface area contributed by atoms with Crippen molar-refractivity contribution < 1.29 is 22.1 Å². The summed E-state index contributed by atoms with van der Waals surface area (Å²) < 4.78 is 51.1. The molecule has 0 radical (unpaired) electrons. The lowest BCUT2D eigenvalue weighted by Crippen LogP contribution is -2.28. The maximum atomic E-state index is 15.0. The van der Waals surface area contributed by atoms with Crippen molar-refractivity contribution in [2.24, 2.45) is 0 Å². The first-order valence-electron chi connectivity index (χ1n) is 12.8. The zero-order chi connectivity index (χ0) is 27.6. The minimum Gasteiger partial charge on any atom is -0.382 e. The molecule has 9 nitrogen and oxygen atoms in total. The Labute approximate surface area is 226 Å². The van der Waals surface area contributed by atoms with Crippen LogP contribution in [0.4, 0.5) is 10.2 Å². The minimum absolute atomic E-state index is 0.121. The van der Waals surface area contributed by atoms with Gasteiger partial charge in [-0.1, -0.05) is 30.3 Å². The van der Waals surface area contributed by atoms with Gasteiger partial charge in [0.1, 0.15) is 11.5 Å². The molecule has 39 heavy (non-hydrogen) atoms. The van der Waals surface area contributed by atoms with Gasteiger partial charge in [-0.25, -0.2) is 22.8 Å². The molecule has 5 rings (SSSR count). The van der Waals surface area contributed by atoms with Crippen LogP contribution in [0.3, 0.4) is 0 Å². The Morgan fingerprint density at radius 2 is 1.95 bits per heavy atom. The predicted molar refractivity (Wildman–Crippen MR) is 146 cm³/mol. The second-order valence-corrected chi connectivity index (χ2v) is 12.0. The number of aromatic nitrogens is 3. The van der Waals surface area contributed by atoms with E-state index in [1.807, 2.05) is 13.0 Å². The largest absolute Gasteiger partial charge is 0.382 e. The van der Waals surface area contributed by atoms with E-state index in [1.54, 1.807) is 43.3 Å². The zero-order valence-electron chi connectivity index (χ0n) is 21.7. The van der Waals surface area contributed by atoms with Crippen molar-refractivity contribution in [3.63, 3.8) is 0 Å². The van der Waals surface area contributed by atoms with Crippen molar-refractivity contribution in [3.05, 3.63) is 66.1 Å². The number of hydrogen-bond donors (Lipinski definition) is 2. The normalized spacial score (nSPS) is 16.4. The van der Waals surface area contributed by atoms with Gasteiger partial charge in [-0.2, -0.15) is 0 Å². The number of nitrogens with one attached hydrogen (secondary N) is 1. The molecule has 1 unspecified atom stereocenters. The molecule has 1 fully saturated rings. The molecule has 0 aliphatic carbocycles. The fraction of sp³-hybridized carbons (Fsp3) is 0.321. The van der Waals surface area contributed by atoms with Crippen LogP contribution in [0.15, 0.2) is 64.1 Å². The zero-order valence-corrected chi connectivity index (χ0v) is 22.5. The van der Waals surface area contributed by atoms with E-state index >= 15 is 0 Å². The summed E-state index contributed by atoms with van der Waals surface area (Å²) in [6, 6.07) is 13.3. The topological polar surface area (TPSA) is 133 Å². The lowest BCUT2D eigenvalue weighted by molar-refractivity contribution is 0.190. The Morgan fingerprint density at radius 3 is 2.64 bits per heavy atom. The number of ether oxygens (including phenoxy) is 1. The van der Waals surface area contributed by atoms with E-state index in [1.165, 1.54) is 12.3 Å². The van der Waals surface area contributed by atoms with Crippen LogP contribution in [0, 0.1) is 5.82 Å². The van der Waals surface area contributed by atoms with Crippen LogP contribution in [0.2, 0.25) is 0 Å². The summed E-state index contributed by atoms with van der Waals surface area (Å²) >= 11 is 0. The first-order valence-corrected chi connectivity index (χ1v) is 14.3. The highest BCUT2D eigenvalue weighted by atomic mass is 32.2. The fourth-order valence-corrected chi connectivity index (χ4v) is 5.75. The number of anilines is 1. The number of sulfone groups is 1. The third kappa shape index (κ3) is 5.70. The summed E-state index contributed by atoms with van der Waals surface area (Å²) in [5.41, 5.74) is 8.88. The SMILES string of the molecule is CCC(C)S(=O)(=O)c1ccc(-c2cnc(N)c(-c3cc(-c4ccc(CN[C@H]5CCOC5)cc4F)no3)n2)cc1. The van der Waals surface area contributed by atoms with E-state index in [-0.39, 0.29) is 28.2 Å². The molecule has 11 heteroatoms. The fourth-order valence-electron chi connectivity index (χ4n) is 4.33. The Morgan fingerprint density at radius 1 is 1.15 bits per heavy atom. The lowest BCUT2D eigenvalue weighted by atomic mass is 10.1. The summed E-state index contributed by atoms with van der Waals surface area (Å²) in [5.74, 6) is -0.0635.